The van der Waals surface area contributed by atoms with Gasteiger partial charge in [-0.1, -0.05) is 18.2 Å². The van der Waals surface area contributed by atoms with E-state index in [0.29, 0.717) is 11.4 Å². The highest BCUT2D eigenvalue weighted by Gasteiger charge is 2.22. The van der Waals surface area contributed by atoms with Gasteiger partial charge in [-0.15, -0.1) is 0 Å². The molecule has 2 aromatic rings. The molecular formula is C20H27N3O3S. The molecule has 2 aromatic carbocycles. The molecule has 27 heavy (non-hydrogen) atoms. The fourth-order valence-electron chi connectivity index (χ4n) is 2.90. The molecule has 1 amide bonds. The number of amides is 1. The van der Waals surface area contributed by atoms with Gasteiger partial charge in [-0.3, -0.25) is 9.10 Å². The smallest absolute Gasteiger partial charge is 0.245 e. The zero-order valence-electron chi connectivity index (χ0n) is 16.3. The van der Waals surface area contributed by atoms with Gasteiger partial charge < -0.3 is 10.2 Å². The van der Waals surface area contributed by atoms with Crippen LogP contribution < -0.4 is 14.5 Å². The molecule has 0 aromatic heterocycles. The Morgan fingerprint density at radius 2 is 1.59 bits per heavy atom. The van der Waals surface area contributed by atoms with Crippen molar-refractivity contribution in [2.24, 2.45) is 0 Å². The van der Waals surface area contributed by atoms with Crippen molar-refractivity contribution in [1.82, 2.24) is 0 Å². The zero-order chi connectivity index (χ0) is 20.0. The number of rotatable bonds is 8. The molecule has 0 bridgehead atoms. The number of nitrogens with zero attached hydrogens (tertiary/aromatic N) is 2. The molecule has 0 atom stereocenters. The SMILES string of the molecule is CCN(CC)c1ccc(NC(=O)CN(c2ccccc2C)S(C)(=O)=O)cc1. The minimum atomic E-state index is -3.59. The van der Waals surface area contributed by atoms with Crippen molar-refractivity contribution in [1.29, 1.82) is 0 Å². The Balaban J connectivity index is 2.14. The number of nitrogens with one attached hydrogen (secondary N) is 1. The third-order valence-electron chi connectivity index (χ3n) is 4.35. The lowest BCUT2D eigenvalue weighted by Crippen LogP contribution is -2.37. The number of hydrogen-bond acceptors (Lipinski definition) is 4. The monoisotopic (exact) mass is 389 g/mol. The molecule has 0 heterocycles. The molecule has 0 saturated heterocycles. The topological polar surface area (TPSA) is 69.7 Å². The Morgan fingerprint density at radius 3 is 2.11 bits per heavy atom. The lowest BCUT2D eigenvalue weighted by molar-refractivity contribution is -0.114. The van der Waals surface area contributed by atoms with Gasteiger partial charge in [-0.05, 0) is 56.7 Å². The van der Waals surface area contributed by atoms with Gasteiger partial charge in [-0.2, -0.15) is 0 Å². The second kappa shape index (κ2) is 8.90. The molecule has 0 saturated carbocycles. The van der Waals surface area contributed by atoms with E-state index in [-0.39, 0.29) is 12.5 Å². The summed E-state index contributed by atoms with van der Waals surface area (Å²) in [6, 6.07) is 14.6. The quantitative estimate of drug-likeness (QED) is 0.752. The first-order valence-electron chi connectivity index (χ1n) is 8.94. The van der Waals surface area contributed by atoms with Crippen molar-refractivity contribution in [2.45, 2.75) is 20.8 Å². The van der Waals surface area contributed by atoms with Crippen LogP contribution in [0.2, 0.25) is 0 Å². The number of sulfonamides is 1. The number of para-hydroxylation sites is 1. The van der Waals surface area contributed by atoms with Crippen molar-refractivity contribution >= 4 is 33.0 Å². The molecule has 0 spiro atoms. The Labute approximate surface area is 161 Å². The van der Waals surface area contributed by atoms with E-state index in [0.717, 1.165) is 34.9 Å². The number of benzene rings is 2. The lowest BCUT2D eigenvalue weighted by atomic mass is 10.2. The molecule has 7 heteroatoms. The Kier molecular flexibility index (Phi) is 6.85. The van der Waals surface area contributed by atoms with Crippen LogP contribution in [0.4, 0.5) is 17.1 Å². The maximum absolute atomic E-state index is 12.5. The van der Waals surface area contributed by atoms with Crippen LogP contribution in [0.3, 0.4) is 0 Å². The highest BCUT2D eigenvalue weighted by molar-refractivity contribution is 7.92. The van der Waals surface area contributed by atoms with Gasteiger partial charge in [0.2, 0.25) is 15.9 Å². The van der Waals surface area contributed by atoms with Crippen LogP contribution in [0.5, 0.6) is 0 Å². The molecule has 0 unspecified atom stereocenters. The van der Waals surface area contributed by atoms with Crippen LogP contribution in [0.15, 0.2) is 48.5 Å². The normalized spacial score (nSPS) is 11.1. The summed E-state index contributed by atoms with van der Waals surface area (Å²) in [7, 11) is -3.59. The van der Waals surface area contributed by atoms with Gasteiger partial charge in [0.25, 0.3) is 0 Å². The first kappa shape index (κ1) is 20.8. The summed E-state index contributed by atoms with van der Waals surface area (Å²) < 4.78 is 25.5. The van der Waals surface area contributed by atoms with Crippen LogP contribution in [0, 0.1) is 6.92 Å². The summed E-state index contributed by atoms with van der Waals surface area (Å²) >= 11 is 0. The first-order chi connectivity index (χ1) is 12.8. The van der Waals surface area contributed by atoms with E-state index >= 15 is 0 Å². The van der Waals surface area contributed by atoms with E-state index in [1.54, 1.807) is 12.1 Å². The number of carbonyl (C=O) groups excluding carboxylic acids is 1. The molecule has 1 N–H and O–H groups in total. The summed E-state index contributed by atoms with van der Waals surface area (Å²) in [6.45, 7) is 7.53. The Hall–Kier alpha value is -2.54. The van der Waals surface area contributed by atoms with Gasteiger partial charge in [0, 0.05) is 24.5 Å². The van der Waals surface area contributed by atoms with Crippen LogP contribution in [-0.2, 0) is 14.8 Å². The van der Waals surface area contributed by atoms with E-state index in [4.69, 9.17) is 0 Å². The van der Waals surface area contributed by atoms with E-state index in [1.165, 1.54) is 0 Å². The van der Waals surface area contributed by atoms with E-state index in [9.17, 15) is 13.2 Å². The van der Waals surface area contributed by atoms with Crippen molar-refractivity contribution in [2.75, 3.05) is 40.4 Å². The highest BCUT2D eigenvalue weighted by Crippen LogP contribution is 2.22. The fraction of sp³-hybridized carbons (Fsp3) is 0.350. The van der Waals surface area contributed by atoms with Crippen LogP contribution in [0.1, 0.15) is 19.4 Å². The maximum Gasteiger partial charge on any atom is 0.245 e. The molecule has 2 rings (SSSR count). The standard InChI is InChI=1S/C20H27N3O3S/c1-5-22(6-2)18-13-11-17(12-14-18)21-20(24)15-23(27(4,25)26)19-10-8-7-9-16(19)3/h7-14H,5-6,15H2,1-4H3,(H,21,24). The summed E-state index contributed by atoms with van der Waals surface area (Å²) in [5, 5.41) is 2.77. The third kappa shape index (κ3) is 5.47. The lowest BCUT2D eigenvalue weighted by Gasteiger charge is -2.24. The van der Waals surface area contributed by atoms with Gasteiger partial charge >= 0.3 is 0 Å². The van der Waals surface area contributed by atoms with Crippen LogP contribution >= 0.6 is 0 Å². The molecule has 0 fully saturated rings. The number of hydrogen-bond donors (Lipinski definition) is 1. The summed E-state index contributed by atoms with van der Waals surface area (Å²) in [5.41, 5.74) is 3.01. The van der Waals surface area contributed by atoms with E-state index < -0.39 is 10.0 Å². The highest BCUT2D eigenvalue weighted by atomic mass is 32.2. The first-order valence-corrected chi connectivity index (χ1v) is 10.8. The number of anilines is 3. The van der Waals surface area contributed by atoms with Gasteiger partial charge in [0.15, 0.2) is 0 Å². The van der Waals surface area contributed by atoms with Gasteiger partial charge in [-0.25, -0.2) is 8.42 Å². The molecule has 146 valence electrons. The largest absolute Gasteiger partial charge is 0.372 e. The molecule has 0 aliphatic heterocycles. The molecule has 0 aliphatic carbocycles. The predicted molar refractivity (Wildman–Crippen MR) is 112 cm³/mol. The zero-order valence-corrected chi connectivity index (χ0v) is 17.1. The Bertz CT molecular complexity index is 876. The van der Waals surface area contributed by atoms with Crippen molar-refractivity contribution < 1.29 is 13.2 Å². The number of carbonyl (C=O) groups is 1. The van der Waals surface area contributed by atoms with Gasteiger partial charge in [0.1, 0.15) is 6.54 Å². The predicted octanol–water partition coefficient (Wildman–Crippen LogP) is 3.25. The number of aryl methyl sites for hydroxylation is 1. The summed E-state index contributed by atoms with van der Waals surface area (Å²) in [5.74, 6) is -0.390. The van der Waals surface area contributed by atoms with Crippen molar-refractivity contribution in [3.8, 4) is 0 Å². The molecular weight excluding hydrogens is 362 g/mol. The summed E-state index contributed by atoms with van der Waals surface area (Å²) in [4.78, 5) is 14.7. The molecule has 0 aliphatic rings. The van der Waals surface area contributed by atoms with Crippen LogP contribution in [0.25, 0.3) is 0 Å². The summed E-state index contributed by atoms with van der Waals surface area (Å²) in [6.07, 6.45) is 1.10. The van der Waals surface area contributed by atoms with Crippen LogP contribution in [-0.4, -0.2) is 40.2 Å². The minimum Gasteiger partial charge on any atom is -0.372 e. The van der Waals surface area contributed by atoms with E-state index in [2.05, 4.69) is 24.1 Å². The third-order valence-corrected chi connectivity index (χ3v) is 5.48. The maximum atomic E-state index is 12.5. The molecule has 6 nitrogen and oxygen atoms in total. The second-order valence-corrected chi connectivity index (χ2v) is 8.23. The average molecular weight is 390 g/mol. The van der Waals surface area contributed by atoms with Crippen molar-refractivity contribution in [3.63, 3.8) is 0 Å². The van der Waals surface area contributed by atoms with Gasteiger partial charge in [0.05, 0.1) is 11.9 Å². The fourth-order valence-corrected chi connectivity index (χ4v) is 3.81. The van der Waals surface area contributed by atoms with E-state index in [1.807, 2.05) is 43.3 Å². The average Bonchev–Trinajstić information content (AvgIpc) is 2.62. The molecule has 0 radical (unpaired) electrons. The Morgan fingerprint density at radius 1 is 1.00 bits per heavy atom. The second-order valence-electron chi connectivity index (χ2n) is 6.32. The minimum absolute atomic E-state index is 0.276. The van der Waals surface area contributed by atoms with Crippen molar-refractivity contribution in [3.05, 3.63) is 54.1 Å².